The molecule has 0 amide bonds. The molecule has 1 aromatic heterocycles. The summed E-state index contributed by atoms with van der Waals surface area (Å²) in [7, 11) is 0. The first-order valence-electron chi connectivity index (χ1n) is 4.89. The standard InChI is InChI=1S/C13H10O3/c14-8-2-1-3-10-4-5-11-6-7-13(15)16-12(11)9-10/h4-7,9,14H,3,8H2. The maximum Gasteiger partial charge on any atom is 0.336 e. The van der Waals surface area contributed by atoms with Gasteiger partial charge in [0.1, 0.15) is 12.2 Å². The van der Waals surface area contributed by atoms with E-state index in [9.17, 15) is 4.79 Å². The van der Waals surface area contributed by atoms with Gasteiger partial charge < -0.3 is 9.52 Å². The number of hydrogen-bond acceptors (Lipinski definition) is 3. The second-order valence-electron chi connectivity index (χ2n) is 3.32. The molecule has 2 aromatic rings. The van der Waals surface area contributed by atoms with Crippen molar-refractivity contribution in [3.8, 4) is 11.8 Å². The van der Waals surface area contributed by atoms with Gasteiger partial charge in [-0.1, -0.05) is 24.0 Å². The third-order valence-electron chi connectivity index (χ3n) is 2.18. The molecule has 3 heteroatoms. The molecule has 1 N–H and O–H groups in total. The molecule has 0 radical (unpaired) electrons. The number of rotatable bonds is 1. The Balaban J connectivity index is 2.39. The van der Waals surface area contributed by atoms with Crippen LogP contribution < -0.4 is 5.63 Å². The topological polar surface area (TPSA) is 50.4 Å². The van der Waals surface area contributed by atoms with Crippen LogP contribution in [0.2, 0.25) is 0 Å². The highest BCUT2D eigenvalue weighted by Crippen LogP contribution is 2.13. The van der Waals surface area contributed by atoms with Gasteiger partial charge in [-0.15, -0.1) is 0 Å². The Morgan fingerprint density at radius 2 is 2.00 bits per heavy atom. The maximum atomic E-state index is 11.0. The molecule has 3 nitrogen and oxygen atoms in total. The van der Waals surface area contributed by atoms with Crippen LogP contribution in [0.4, 0.5) is 0 Å². The van der Waals surface area contributed by atoms with Crippen molar-refractivity contribution in [1.29, 1.82) is 0 Å². The number of benzene rings is 1. The normalized spacial score (nSPS) is 9.81. The molecule has 1 aromatic carbocycles. The van der Waals surface area contributed by atoms with E-state index in [2.05, 4.69) is 11.8 Å². The van der Waals surface area contributed by atoms with Gasteiger partial charge in [0.15, 0.2) is 0 Å². The Kier molecular flexibility index (Phi) is 3.04. The fourth-order valence-electron chi connectivity index (χ4n) is 1.44. The van der Waals surface area contributed by atoms with Gasteiger partial charge in [0.25, 0.3) is 0 Å². The van der Waals surface area contributed by atoms with Gasteiger partial charge in [-0.05, 0) is 17.7 Å². The zero-order chi connectivity index (χ0) is 11.4. The Morgan fingerprint density at radius 3 is 2.81 bits per heavy atom. The van der Waals surface area contributed by atoms with E-state index < -0.39 is 0 Å². The average Bonchev–Trinajstić information content (AvgIpc) is 2.29. The molecule has 1 heterocycles. The van der Waals surface area contributed by atoms with Crippen LogP contribution >= 0.6 is 0 Å². The van der Waals surface area contributed by atoms with Gasteiger partial charge in [0.05, 0.1) is 0 Å². The maximum absolute atomic E-state index is 11.0. The minimum Gasteiger partial charge on any atom is -0.423 e. The van der Waals surface area contributed by atoms with E-state index in [-0.39, 0.29) is 12.2 Å². The Bertz CT molecular complexity index is 614. The first kappa shape index (κ1) is 10.5. The van der Waals surface area contributed by atoms with Crippen LogP contribution in [0.5, 0.6) is 0 Å². The first-order chi connectivity index (χ1) is 7.79. The smallest absolute Gasteiger partial charge is 0.336 e. The fraction of sp³-hybridized carbons (Fsp3) is 0.154. The van der Waals surface area contributed by atoms with Gasteiger partial charge in [-0.3, -0.25) is 0 Å². The molecule has 16 heavy (non-hydrogen) atoms. The van der Waals surface area contributed by atoms with Crippen molar-refractivity contribution in [3.63, 3.8) is 0 Å². The largest absolute Gasteiger partial charge is 0.423 e. The van der Waals surface area contributed by atoms with Gasteiger partial charge in [0.2, 0.25) is 0 Å². The first-order valence-corrected chi connectivity index (χ1v) is 4.89. The minimum atomic E-state index is -0.355. The predicted molar refractivity (Wildman–Crippen MR) is 61.0 cm³/mol. The summed E-state index contributed by atoms with van der Waals surface area (Å²) < 4.78 is 5.06. The van der Waals surface area contributed by atoms with Crippen LogP contribution in [0.15, 0.2) is 39.5 Å². The van der Waals surface area contributed by atoms with Crippen LogP contribution in [0.25, 0.3) is 11.0 Å². The minimum absolute atomic E-state index is 0.136. The lowest BCUT2D eigenvalue weighted by molar-refractivity contribution is 0.350. The van der Waals surface area contributed by atoms with E-state index in [0.717, 1.165) is 10.9 Å². The van der Waals surface area contributed by atoms with Crippen LogP contribution in [0, 0.1) is 11.8 Å². The van der Waals surface area contributed by atoms with Gasteiger partial charge >= 0.3 is 5.63 Å². The zero-order valence-corrected chi connectivity index (χ0v) is 8.56. The zero-order valence-electron chi connectivity index (χ0n) is 8.56. The summed E-state index contributed by atoms with van der Waals surface area (Å²) in [6, 6.07) is 8.73. The van der Waals surface area contributed by atoms with Crippen LogP contribution in [-0.2, 0) is 6.42 Å². The Labute approximate surface area is 92.3 Å². The van der Waals surface area contributed by atoms with Crippen molar-refractivity contribution >= 4 is 11.0 Å². The highest BCUT2D eigenvalue weighted by atomic mass is 16.4. The van der Waals surface area contributed by atoms with E-state index in [1.807, 2.05) is 12.1 Å². The summed E-state index contributed by atoms with van der Waals surface area (Å²) in [5.41, 5.74) is 1.17. The molecule has 0 aliphatic heterocycles. The highest BCUT2D eigenvalue weighted by Gasteiger charge is 1.98. The molecule has 0 saturated carbocycles. The summed E-state index contributed by atoms with van der Waals surface area (Å²) in [6.07, 6.45) is 0.537. The van der Waals surface area contributed by atoms with Crippen molar-refractivity contribution in [2.45, 2.75) is 6.42 Å². The van der Waals surface area contributed by atoms with E-state index in [4.69, 9.17) is 9.52 Å². The van der Waals surface area contributed by atoms with Gasteiger partial charge in [-0.25, -0.2) is 4.79 Å². The molecule has 0 atom stereocenters. The predicted octanol–water partition coefficient (Wildman–Crippen LogP) is 1.33. The molecular formula is C13H10O3. The summed E-state index contributed by atoms with van der Waals surface area (Å²) in [5.74, 6) is 5.38. The molecule has 2 rings (SSSR count). The van der Waals surface area contributed by atoms with E-state index in [1.54, 1.807) is 12.1 Å². The van der Waals surface area contributed by atoms with Crippen LogP contribution in [-0.4, -0.2) is 11.7 Å². The quantitative estimate of drug-likeness (QED) is 0.575. The van der Waals surface area contributed by atoms with E-state index >= 15 is 0 Å². The second kappa shape index (κ2) is 4.65. The third kappa shape index (κ3) is 2.30. The fourth-order valence-corrected chi connectivity index (χ4v) is 1.44. The number of hydrogen-bond donors (Lipinski definition) is 1. The molecule has 0 saturated heterocycles. The van der Waals surface area contributed by atoms with Gasteiger partial charge in [-0.2, -0.15) is 0 Å². The Hall–Kier alpha value is -2.05. The number of aliphatic hydroxyl groups is 1. The van der Waals surface area contributed by atoms with E-state index in [0.29, 0.717) is 12.0 Å². The van der Waals surface area contributed by atoms with Gasteiger partial charge in [0, 0.05) is 17.9 Å². The second-order valence-corrected chi connectivity index (χ2v) is 3.32. The molecule has 0 aliphatic carbocycles. The SMILES string of the molecule is O=c1ccc2ccc(CC#CCO)cc2o1. The summed E-state index contributed by atoms with van der Waals surface area (Å²) in [4.78, 5) is 11.0. The molecule has 0 fully saturated rings. The molecule has 0 spiro atoms. The molecule has 0 unspecified atom stereocenters. The average molecular weight is 214 g/mol. The van der Waals surface area contributed by atoms with Crippen molar-refractivity contribution < 1.29 is 9.52 Å². The van der Waals surface area contributed by atoms with Crippen molar-refractivity contribution in [1.82, 2.24) is 0 Å². The third-order valence-corrected chi connectivity index (χ3v) is 2.18. The van der Waals surface area contributed by atoms with Crippen LogP contribution in [0.1, 0.15) is 5.56 Å². The lowest BCUT2D eigenvalue weighted by Gasteiger charge is -1.98. The summed E-state index contributed by atoms with van der Waals surface area (Å²) >= 11 is 0. The lowest BCUT2D eigenvalue weighted by atomic mass is 10.1. The van der Waals surface area contributed by atoms with Crippen LogP contribution in [0.3, 0.4) is 0 Å². The van der Waals surface area contributed by atoms with E-state index in [1.165, 1.54) is 6.07 Å². The summed E-state index contributed by atoms with van der Waals surface area (Å²) in [5, 5.41) is 9.41. The number of fused-ring (bicyclic) bond motifs is 1. The number of aliphatic hydroxyl groups excluding tert-OH is 1. The summed E-state index contributed by atoms with van der Waals surface area (Å²) in [6.45, 7) is -0.136. The lowest BCUT2D eigenvalue weighted by Crippen LogP contribution is -1.94. The Morgan fingerprint density at radius 1 is 1.19 bits per heavy atom. The van der Waals surface area contributed by atoms with Crippen molar-refractivity contribution in [3.05, 3.63) is 46.3 Å². The molecule has 0 aliphatic rings. The molecule has 0 bridgehead atoms. The monoisotopic (exact) mass is 214 g/mol. The molecular weight excluding hydrogens is 204 g/mol. The highest BCUT2D eigenvalue weighted by molar-refractivity contribution is 5.76. The van der Waals surface area contributed by atoms with Crippen molar-refractivity contribution in [2.75, 3.05) is 6.61 Å². The molecule has 80 valence electrons. The van der Waals surface area contributed by atoms with Crippen molar-refractivity contribution in [2.24, 2.45) is 0 Å².